The van der Waals surface area contributed by atoms with Crippen molar-refractivity contribution >= 4 is 23.8 Å². The summed E-state index contributed by atoms with van der Waals surface area (Å²) >= 11 is 0. The number of carbonyl (C=O) groups is 2. The van der Waals surface area contributed by atoms with E-state index >= 15 is 0 Å². The zero-order valence-corrected chi connectivity index (χ0v) is 11.9. The number of aromatic nitrogens is 1. The number of hydrogen-bond acceptors (Lipinski definition) is 3. The number of nitrogens with zero attached hydrogens (tertiary/aromatic N) is 1. The molecule has 2 N–H and O–H groups in total. The smallest absolute Gasteiger partial charge is 0.328 e. The number of anilines is 1. The third-order valence-electron chi connectivity index (χ3n) is 3.72. The predicted octanol–water partition coefficient (Wildman–Crippen LogP) is 3.09. The van der Waals surface area contributed by atoms with E-state index in [1.165, 1.54) is 31.8 Å². The van der Waals surface area contributed by atoms with E-state index in [0.717, 1.165) is 12.5 Å². The Kier molecular flexibility index (Phi) is 5.49. The predicted molar refractivity (Wildman–Crippen MR) is 80.7 cm³/mol. The molecule has 1 aliphatic carbocycles. The molecule has 1 saturated carbocycles. The lowest BCUT2D eigenvalue weighted by atomic mass is 10.0. The fourth-order valence-electron chi connectivity index (χ4n) is 2.63. The molecule has 0 saturated heterocycles. The Bertz CT molecular complexity index is 534. The van der Waals surface area contributed by atoms with Crippen molar-refractivity contribution in [3.63, 3.8) is 0 Å². The Morgan fingerprint density at radius 2 is 2.14 bits per heavy atom. The van der Waals surface area contributed by atoms with E-state index in [2.05, 4.69) is 10.3 Å². The van der Waals surface area contributed by atoms with Gasteiger partial charge >= 0.3 is 5.97 Å². The van der Waals surface area contributed by atoms with Crippen molar-refractivity contribution in [3.8, 4) is 0 Å². The molecule has 2 rings (SSSR count). The number of aliphatic carboxylic acids is 1. The highest BCUT2D eigenvalue weighted by Crippen LogP contribution is 2.28. The quantitative estimate of drug-likeness (QED) is 0.788. The van der Waals surface area contributed by atoms with E-state index in [0.29, 0.717) is 23.7 Å². The topological polar surface area (TPSA) is 79.3 Å². The van der Waals surface area contributed by atoms with Crippen LogP contribution >= 0.6 is 0 Å². The Morgan fingerprint density at radius 3 is 2.86 bits per heavy atom. The first-order valence-electron chi connectivity index (χ1n) is 7.30. The van der Waals surface area contributed by atoms with Crippen LogP contribution in [0.1, 0.15) is 44.1 Å². The van der Waals surface area contributed by atoms with Gasteiger partial charge in [-0.3, -0.25) is 4.79 Å². The number of pyridine rings is 1. The van der Waals surface area contributed by atoms with Gasteiger partial charge in [-0.2, -0.15) is 0 Å². The van der Waals surface area contributed by atoms with Crippen LogP contribution in [0.25, 0.3) is 6.08 Å². The summed E-state index contributed by atoms with van der Waals surface area (Å²) in [6.45, 7) is 0. The summed E-state index contributed by atoms with van der Waals surface area (Å²) in [5.74, 6) is 0.107. The summed E-state index contributed by atoms with van der Waals surface area (Å²) in [7, 11) is 0. The average Bonchev–Trinajstić information content (AvgIpc) is 2.97. The number of carboxylic acids is 1. The van der Waals surface area contributed by atoms with Gasteiger partial charge in [-0.05, 0) is 36.1 Å². The largest absolute Gasteiger partial charge is 0.478 e. The van der Waals surface area contributed by atoms with Crippen LogP contribution in [0.15, 0.2) is 24.4 Å². The Balaban J connectivity index is 1.85. The van der Waals surface area contributed by atoms with Gasteiger partial charge in [0, 0.05) is 18.7 Å². The molecule has 1 aliphatic rings. The van der Waals surface area contributed by atoms with Crippen LogP contribution in [-0.2, 0) is 9.59 Å². The molecule has 1 aromatic heterocycles. The number of carbonyl (C=O) groups excluding carboxylic acids is 1. The van der Waals surface area contributed by atoms with E-state index in [-0.39, 0.29) is 5.91 Å². The average molecular weight is 288 g/mol. The fourth-order valence-corrected chi connectivity index (χ4v) is 2.63. The molecule has 0 bridgehead atoms. The molecule has 21 heavy (non-hydrogen) atoms. The van der Waals surface area contributed by atoms with Crippen molar-refractivity contribution < 1.29 is 14.7 Å². The van der Waals surface area contributed by atoms with Crippen LogP contribution in [0.5, 0.6) is 0 Å². The third-order valence-corrected chi connectivity index (χ3v) is 3.72. The molecule has 112 valence electrons. The summed E-state index contributed by atoms with van der Waals surface area (Å²) in [5.41, 5.74) is 0.693. The monoisotopic (exact) mass is 288 g/mol. The second-order valence-electron chi connectivity index (χ2n) is 5.38. The van der Waals surface area contributed by atoms with Crippen LogP contribution in [0, 0.1) is 5.92 Å². The standard InChI is InChI=1S/C16H20N2O3/c19-15(7-5-12-3-1-2-4-12)18-14-11-13(9-10-17-14)6-8-16(20)21/h6,8-12H,1-5,7H2,(H,20,21)(H,17,18,19)/b8-6+. The normalized spacial score (nSPS) is 15.4. The van der Waals surface area contributed by atoms with E-state index in [1.807, 2.05) is 0 Å². The van der Waals surface area contributed by atoms with Gasteiger partial charge in [0.05, 0.1) is 0 Å². The summed E-state index contributed by atoms with van der Waals surface area (Å²) in [6.07, 6.45) is 10.6. The molecule has 5 nitrogen and oxygen atoms in total. The van der Waals surface area contributed by atoms with Crippen LogP contribution in [-0.4, -0.2) is 22.0 Å². The Morgan fingerprint density at radius 1 is 1.38 bits per heavy atom. The molecular formula is C16H20N2O3. The molecule has 0 unspecified atom stereocenters. The highest BCUT2D eigenvalue weighted by molar-refractivity contribution is 5.90. The van der Waals surface area contributed by atoms with Crippen LogP contribution in [0.4, 0.5) is 5.82 Å². The minimum absolute atomic E-state index is 0.0336. The summed E-state index contributed by atoms with van der Waals surface area (Å²) < 4.78 is 0. The molecule has 0 aliphatic heterocycles. The Labute approximate surface area is 124 Å². The first-order chi connectivity index (χ1) is 10.1. The summed E-state index contributed by atoms with van der Waals surface area (Å²) in [5, 5.41) is 11.4. The molecule has 0 aromatic carbocycles. The molecule has 1 fully saturated rings. The van der Waals surface area contributed by atoms with Crippen LogP contribution < -0.4 is 5.32 Å². The van der Waals surface area contributed by atoms with Crippen molar-refractivity contribution in [2.24, 2.45) is 5.92 Å². The maximum atomic E-state index is 11.9. The Hall–Kier alpha value is -2.17. The van der Waals surface area contributed by atoms with E-state index < -0.39 is 5.97 Å². The summed E-state index contributed by atoms with van der Waals surface area (Å²) in [4.78, 5) is 26.4. The number of carboxylic acid groups (broad SMARTS) is 1. The fraction of sp³-hybridized carbons (Fsp3) is 0.438. The minimum Gasteiger partial charge on any atom is -0.478 e. The second-order valence-corrected chi connectivity index (χ2v) is 5.38. The number of rotatable bonds is 6. The minimum atomic E-state index is -1.01. The van der Waals surface area contributed by atoms with Gasteiger partial charge in [0.2, 0.25) is 5.91 Å². The highest BCUT2D eigenvalue weighted by atomic mass is 16.4. The zero-order valence-electron chi connectivity index (χ0n) is 11.9. The molecule has 1 aromatic rings. The molecule has 0 atom stereocenters. The van der Waals surface area contributed by atoms with Gasteiger partial charge in [-0.1, -0.05) is 25.7 Å². The van der Waals surface area contributed by atoms with E-state index in [9.17, 15) is 9.59 Å². The van der Waals surface area contributed by atoms with Crippen molar-refractivity contribution in [1.82, 2.24) is 4.98 Å². The number of amides is 1. The van der Waals surface area contributed by atoms with Gasteiger partial charge in [-0.15, -0.1) is 0 Å². The third kappa shape index (κ3) is 5.38. The van der Waals surface area contributed by atoms with Gasteiger partial charge in [0.25, 0.3) is 0 Å². The summed E-state index contributed by atoms with van der Waals surface area (Å²) in [6, 6.07) is 3.35. The second kappa shape index (κ2) is 7.57. The SMILES string of the molecule is O=C(O)/C=C/c1ccnc(NC(=O)CCC2CCCC2)c1. The van der Waals surface area contributed by atoms with Gasteiger partial charge in [0.15, 0.2) is 0 Å². The van der Waals surface area contributed by atoms with E-state index in [4.69, 9.17) is 5.11 Å². The van der Waals surface area contributed by atoms with E-state index in [1.54, 1.807) is 18.3 Å². The van der Waals surface area contributed by atoms with Crippen LogP contribution in [0.3, 0.4) is 0 Å². The zero-order chi connectivity index (χ0) is 15.1. The van der Waals surface area contributed by atoms with Gasteiger partial charge in [-0.25, -0.2) is 9.78 Å². The molecule has 1 heterocycles. The number of nitrogens with one attached hydrogen (secondary N) is 1. The molecule has 5 heteroatoms. The highest BCUT2D eigenvalue weighted by Gasteiger charge is 2.16. The maximum absolute atomic E-state index is 11.9. The van der Waals surface area contributed by atoms with Crippen LogP contribution in [0.2, 0.25) is 0 Å². The van der Waals surface area contributed by atoms with Gasteiger partial charge in [0.1, 0.15) is 5.82 Å². The lowest BCUT2D eigenvalue weighted by Crippen LogP contribution is -2.13. The number of hydrogen-bond donors (Lipinski definition) is 2. The molecular weight excluding hydrogens is 268 g/mol. The lowest BCUT2D eigenvalue weighted by molar-refractivity contribution is -0.131. The lowest BCUT2D eigenvalue weighted by Gasteiger charge is -2.09. The van der Waals surface area contributed by atoms with Crippen molar-refractivity contribution in [1.29, 1.82) is 0 Å². The van der Waals surface area contributed by atoms with Crippen molar-refractivity contribution in [2.75, 3.05) is 5.32 Å². The maximum Gasteiger partial charge on any atom is 0.328 e. The first-order valence-corrected chi connectivity index (χ1v) is 7.30. The molecule has 0 spiro atoms. The van der Waals surface area contributed by atoms with Gasteiger partial charge < -0.3 is 10.4 Å². The van der Waals surface area contributed by atoms with Crippen molar-refractivity contribution in [2.45, 2.75) is 38.5 Å². The molecule has 0 radical (unpaired) electrons. The van der Waals surface area contributed by atoms with Crippen molar-refractivity contribution in [3.05, 3.63) is 30.0 Å². The first kappa shape index (κ1) is 15.2. The molecule has 1 amide bonds.